The van der Waals surface area contributed by atoms with Crippen LogP contribution in [-0.4, -0.2) is 14.7 Å². The number of aromatic nitrogens is 2. The van der Waals surface area contributed by atoms with Crippen LogP contribution in [0.1, 0.15) is 11.1 Å². The molecule has 0 saturated heterocycles. The van der Waals surface area contributed by atoms with E-state index in [1.165, 1.54) is 12.1 Å². The van der Waals surface area contributed by atoms with Crippen molar-refractivity contribution in [2.45, 2.75) is 6.18 Å². The second-order valence-corrected chi connectivity index (χ2v) is 3.74. The maximum Gasteiger partial charge on any atom is 0.417 e. The molecule has 0 radical (unpaired) electrons. The summed E-state index contributed by atoms with van der Waals surface area (Å²) in [6, 6.07) is 4.38. The Labute approximate surface area is 109 Å². The normalized spacial score (nSPS) is 11.1. The van der Waals surface area contributed by atoms with Gasteiger partial charge >= 0.3 is 11.9 Å². The van der Waals surface area contributed by atoms with Gasteiger partial charge in [0.05, 0.1) is 27.8 Å². The molecule has 0 aliphatic heterocycles. The number of alkyl halides is 3. The van der Waals surface area contributed by atoms with Gasteiger partial charge in [0, 0.05) is 0 Å². The molecule has 9 heteroatoms. The highest BCUT2D eigenvalue weighted by atomic mass is 19.4. The molecule has 0 bridgehead atoms. The lowest BCUT2D eigenvalue weighted by atomic mass is 10.1. The van der Waals surface area contributed by atoms with Crippen LogP contribution in [0.4, 0.5) is 18.9 Å². The molecule has 0 saturated carbocycles. The van der Waals surface area contributed by atoms with Gasteiger partial charge in [0.15, 0.2) is 0 Å². The van der Waals surface area contributed by atoms with Crippen molar-refractivity contribution in [2.24, 2.45) is 0 Å². The van der Waals surface area contributed by atoms with Gasteiger partial charge in [0.1, 0.15) is 12.4 Å². The predicted molar refractivity (Wildman–Crippen MR) is 59.9 cm³/mol. The number of nitrogens with zero attached hydrogens (tertiary/aromatic N) is 4. The average molecular weight is 282 g/mol. The summed E-state index contributed by atoms with van der Waals surface area (Å²) in [7, 11) is 0. The average Bonchev–Trinajstić information content (AvgIpc) is 2.86. The Bertz CT molecular complexity index is 715. The molecule has 0 atom stereocenters. The highest BCUT2D eigenvalue weighted by molar-refractivity contribution is 5.47. The fourth-order valence-corrected chi connectivity index (χ4v) is 1.56. The predicted octanol–water partition coefficient (Wildman–Crippen LogP) is 2.67. The van der Waals surface area contributed by atoms with Crippen molar-refractivity contribution in [3.05, 3.63) is 51.8 Å². The molecular formula is C11H5F3N4O2. The van der Waals surface area contributed by atoms with Gasteiger partial charge in [0.25, 0.3) is 0 Å². The molecule has 1 heterocycles. The molecule has 0 N–H and O–H groups in total. The summed E-state index contributed by atoms with van der Waals surface area (Å²) in [4.78, 5) is 9.79. The van der Waals surface area contributed by atoms with E-state index in [-0.39, 0.29) is 11.4 Å². The minimum absolute atomic E-state index is 0.0237. The molecular weight excluding hydrogens is 277 g/mol. The molecule has 102 valence electrons. The Morgan fingerprint density at radius 3 is 2.60 bits per heavy atom. The van der Waals surface area contributed by atoms with Crippen molar-refractivity contribution in [2.75, 3.05) is 0 Å². The van der Waals surface area contributed by atoms with Crippen molar-refractivity contribution >= 4 is 5.69 Å². The lowest BCUT2D eigenvalue weighted by Gasteiger charge is -2.10. The molecule has 2 rings (SSSR count). The van der Waals surface area contributed by atoms with Crippen molar-refractivity contribution < 1.29 is 18.1 Å². The standard InChI is InChI=1S/C11H5F3N4O2/c12-11(13,14)10-3-8(2-1-7(10)4-15)17-6-9(5-16-17)18(19)20/h1-3,5-6H. The van der Waals surface area contributed by atoms with E-state index in [0.717, 1.165) is 29.2 Å². The number of rotatable bonds is 2. The maximum atomic E-state index is 12.8. The van der Waals surface area contributed by atoms with Gasteiger partial charge in [0.2, 0.25) is 0 Å². The van der Waals surface area contributed by atoms with E-state index < -0.39 is 22.2 Å². The van der Waals surface area contributed by atoms with Crippen molar-refractivity contribution in [1.82, 2.24) is 9.78 Å². The summed E-state index contributed by atoms with van der Waals surface area (Å²) >= 11 is 0. The molecule has 0 aliphatic carbocycles. The minimum atomic E-state index is -4.69. The number of hydrogen-bond acceptors (Lipinski definition) is 4. The second kappa shape index (κ2) is 4.65. The molecule has 1 aromatic heterocycles. The molecule has 2 aromatic rings. The van der Waals surface area contributed by atoms with Crippen LogP contribution in [0.25, 0.3) is 5.69 Å². The van der Waals surface area contributed by atoms with Crippen molar-refractivity contribution in [3.63, 3.8) is 0 Å². The Balaban J connectivity index is 2.53. The van der Waals surface area contributed by atoms with Gasteiger partial charge in [-0.15, -0.1) is 0 Å². The van der Waals surface area contributed by atoms with E-state index in [0.29, 0.717) is 0 Å². The second-order valence-electron chi connectivity index (χ2n) is 3.74. The van der Waals surface area contributed by atoms with E-state index >= 15 is 0 Å². The van der Waals surface area contributed by atoms with Gasteiger partial charge in [-0.05, 0) is 18.2 Å². The molecule has 1 aromatic carbocycles. The molecule has 6 nitrogen and oxygen atoms in total. The van der Waals surface area contributed by atoms with Crippen LogP contribution in [0, 0.1) is 21.4 Å². The Morgan fingerprint density at radius 2 is 2.10 bits per heavy atom. The van der Waals surface area contributed by atoms with Gasteiger partial charge in [-0.25, -0.2) is 4.68 Å². The molecule has 0 aliphatic rings. The summed E-state index contributed by atoms with van der Waals surface area (Å²) in [6.45, 7) is 0. The first-order valence-electron chi connectivity index (χ1n) is 5.13. The number of hydrogen-bond donors (Lipinski definition) is 0. The fraction of sp³-hybridized carbons (Fsp3) is 0.0909. The zero-order chi connectivity index (χ0) is 14.9. The van der Waals surface area contributed by atoms with Gasteiger partial charge in [-0.1, -0.05) is 0 Å². The van der Waals surface area contributed by atoms with Gasteiger partial charge < -0.3 is 0 Å². The first kappa shape index (κ1) is 13.5. The van der Waals surface area contributed by atoms with E-state index in [1.807, 2.05) is 0 Å². The van der Waals surface area contributed by atoms with Crippen LogP contribution in [0.5, 0.6) is 0 Å². The summed E-state index contributed by atoms with van der Waals surface area (Å²) < 4.78 is 39.3. The van der Waals surface area contributed by atoms with Crippen molar-refractivity contribution in [1.29, 1.82) is 5.26 Å². The SMILES string of the molecule is N#Cc1ccc(-n2cc([N+](=O)[O-])cn2)cc1C(F)(F)F. The van der Waals surface area contributed by atoms with E-state index in [4.69, 9.17) is 5.26 Å². The number of nitriles is 1. The smallest absolute Gasteiger partial charge is 0.258 e. The number of nitro groups is 1. The van der Waals surface area contributed by atoms with Crippen molar-refractivity contribution in [3.8, 4) is 11.8 Å². The Morgan fingerprint density at radius 1 is 1.40 bits per heavy atom. The summed E-state index contributed by atoms with van der Waals surface area (Å²) in [5.41, 5.74) is -2.01. The first-order valence-corrected chi connectivity index (χ1v) is 5.13. The first-order chi connectivity index (χ1) is 9.32. The van der Waals surface area contributed by atoms with Crippen LogP contribution in [-0.2, 0) is 6.18 Å². The third-order valence-corrected chi connectivity index (χ3v) is 2.47. The zero-order valence-electron chi connectivity index (χ0n) is 9.63. The van der Waals surface area contributed by atoms with Crippen LogP contribution in [0.15, 0.2) is 30.6 Å². The monoisotopic (exact) mass is 282 g/mol. The quantitative estimate of drug-likeness (QED) is 0.626. The lowest BCUT2D eigenvalue weighted by molar-refractivity contribution is -0.384. The van der Waals surface area contributed by atoms with E-state index in [1.54, 1.807) is 0 Å². The maximum absolute atomic E-state index is 12.8. The van der Waals surface area contributed by atoms with Gasteiger partial charge in [-0.2, -0.15) is 23.5 Å². The highest BCUT2D eigenvalue weighted by Crippen LogP contribution is 2.33. The summed E-state index contributed by atoms with van der Waals surface area (Å²) in [6.07, 6.45) is -2.78. The molecule has 0 unspecified atom stereocenters. The topological polar surface area (TPSA) is 84.8 Å². The lowest BCUT2D eigenvalue weighted by Crippen LogP contribution is -2.09. The molecule has 20 heavy (non-hydrogen) atoms. The highest BCUT2D eigenvalue weighted by Gasteiger charge is 2.34. The van der Waals surface area contributed by atoms with Crippen LogP contribution in [0.3, 0.4) is 0 Å². The van der Waals surface area contributed by atoms with Crippen LogP contribution >= 0.6 is 0 Å². The summed E-state index contributed by atoms with van der Waals surface area (Å²) in [5.74, 6) is 0. The largest absolute Gasteiger partial charge is 0.417 e. The van der Waals surface area contributed by atoms with Gasteiger partial charge in [-0.3, -0.25) is 10.1 Å². The number of halogens is 3. The third kappa shape index (κ3) is 2.44. The Kier molecular flexibility index (Phi) is 3.15. The Hall–Kier alpha value is -2.89. The summed E-state index contributed by atoms with van der Waals surface area (Å²) in [5, 5.41) is 22.8. The molecule has 0 fully saturated rings. The van der Waals surface area contributed by atoms with Crippen LogP contribution < -0.4 is 0 Å². The number of benzene rings is 1. The fourth-order valence-electron chi connectivity index (χ4n) is 1.56. The zero-order valence-corrected chi connectivity index (χ0v) is 9.63. The molecule has 0 amide bonds. The minimum Gasteiger partial charge on any atom is -0.258 e. The molecule has 0 spiro atoms. The van der Waals surface area contributed by atoms with E-state index in [2.05, 4.69) is 5.10 Å². The van der Waals surface area contributed by atoms with E-state index in [9.17, 15) is 23.3 Å². The third-order valence-electron chi connectivity index (χ3n) is 2.47. The van der Waals surface area contributed by atoms with Crippen LogP contribution in [0.2, 0.25) is 0 Å².